The highest BCUT2D eigenvalue weighted by atomic mass is 35.5. The molecule has 0 spiro atoms. The molecule has 2 unspecified atom stereocenters. The van der Waals surface area contributed by atoms with Gasteiger partial charge in [0.05, 0.1) is 18.8 Å². The lowest BCUT2D eigenvalue weighted by molar-refractivity contribution is -0.145. The van der Waals surface area contributed by atoms with Crippen molar-refractivity contribution in [1.29, 1.82) is 0 Å². The van der Waals surface area contributed by atoms with E-state index in [1.807, 2.05) is 4.90 Å². The van der Waals surface area contributed by atoms with Gasteiger partial charge in [0, 0.05) is 13.0 Å². The maximum Gasteiger partial charge on any atom is 0.223 e. The van der Waals surface area contributed by atoms with Crippen molar-refractivity contribution in [2.45, 2.75) is 45.3 Å². The number of morpholine rings is 1. The molecule has 106 valence electrons. The van der Waals surface area contributed by atoms with Gasteiger partial charge in [-0.05, 0) is 45.7 Å². The Morgan fingerprint density at radius 2 is 2.00 bits per heavy atom. The van der Waals surface area contributed by atoms with Crippen molar-refractivity contribution < 1.29 is 9.53 Å². The van der Waals surface area contributed by atoms with E-state index in [-0.39, 0.29) is 24.6 Å². The van der Waals surface area contributed by atoms with Gasteiger partial charge >= 0.3 is 0 Å². The fraction of sp³-hybridized carbons (Fsp3) is 0.923. The molecule has 0 aromatic rings. The Balaban J connectivity index is 0.00000162. The standard InChI is InChI=1S/C13H24N2O2.ClH/c1-10-11(2)17-8-7-15(10)13(16)9-12-3-5-14-6-4-12;/h10-12,14H,3-9H2,1-2H3;1H. The Morgan fingerprint density at radius 3 is 2.67 bits per heavy atom. The lowest BCUT2D eigenvalue weighted by Crippen LogP contribution is -2.51. The molecule has 2 saturated heterocycles. The molecular formula is C13H25ClN2O2. The molecule has 2 rings (SSSR count). The van der Waals surface area contributed by atoms with Crippen molar-refractivity contribution in [3.05, 3.63) is 0 Å². The third-order valence-corrected chi connectivity index (χ3v) is 4.13. The molecule has 2 aliphatic rings. The van der Waals surface area contributed by atoms with Gasteiger partial charge in [-0.3, -0.25) is 4.79 Å². The van der Waals surface area contributed by atoms with E-state index in [0.717, 1.165) is 38.9 Å². The summed E-state index contributed by atoms with van der Waals surface area (Å²) >= 11 is 0. The monoisotopic (exact) mass is 276 g/mol. The van der Waals surface area contributed by atoms with Gasteiger partial charge in [-0.25, -0.2) is 0 Å². The molecule has 0 saturated carbocycles. The second kappa shape index (κ2) is 7.31. The number of nitrogens with zero attached hydrogens (tertiary/aromatic N) is 1. The highest BCUT2D eigenvalue weighted by Gasteiger charge is 2.30. The van der Waals surface area contributed by atoms with Crippen LogP contribution in [0.4, 0.5) is 0 Å². The first kappa shape index (κ1) is 15.7. The predicted octanol–water partition coefficient (Wildman–Crippen LogP) is 1.43. The van der Waals surface area contributed by atoms with Crippen LogP contribution in [0.3, 0.4) is 0 Å². The normalized spacial score (nSPS) is 29.8. The van der Waals surface area contributed by atoms with Gasteiger partial charge in [0.2, 0.25) is 5.91 Å². The Kier molecular flexibility index (Phi) is 6.39. The van der Waals surface area contributed by atoms with Gasteiger partial charge in [0.25, 0.3) is 0 Å². The SMILES string of the molecule is CC1OCCN(C(=O)CC2CCNCC2)C1C.Cl. The summed E-state index contributed by atoms with van der Waals surface area (Å²) < 4.78 is 5.56. The van der Waals surface area contributed by atoms with E-state index in [0.29, 0.717) is 18.4 Å². The van der Waals surface area contributed by atoms with E-state index in [4.69, 9.17) is 4.74 Å². The lowest BCUT2D eigenvalue weighted by atomic mass is 9.93. The van der Waals surface area contributed by atoms with Crippen LogP contribution in [-0.2, 0) is 9.53 Å². The van der Waals surface area contributed by atoms with E-state index in [1.165, 1.54) is 0 Å². The number of carbonyl (C=O) groups excluding carboxylic acids is 1. The predicted molar refractivity (Wildman–Crippen MR) is 74.0 cm³/mol. The third-order valence-electron chi connectivity index (χ3n) is 4.13. The summed E-state index contributed by atoms with van der Waals surface area (Å²) in [6.07, 6.45) is 3.17. The third kappa shape index (κ3) is 3.84. The number of ether oxygens (including phenoxy) is 1. The number of carbonyl (C=O) groups is 1. The summed E-state index contributed by atoms with van der Waals surface area (Å²) in [5.74, 6) is 0.897. The summed E-state index contributed by atoms with van der Waals surface area (Å²) in [4.78, 5) is 14.3. The molecule has 0 aromatic heterocycles. The molecule has 0 bridgehead atoms. The molecule has 5 heteroatoms. The first-order chi connectivity index (χ1) is 8.18. The molecule has 2 heterocycles. The number of amides is 1. The largest absolute Gasteiger partial charge is 0.375 e. The summed E-state index contributed by atoms with van der Waals surface area (Å²) in [7, 11) is 0. The topological polar surface area (TPSA) is 41.6 Å². The molecule has 2 atom stereocenters. The average Bonchev–Trinajstić information content (AvgIpc) is 2.34. The van der Waals surface area contributed by atoms with Crippen molar-refractivity contribution in [3.8, 4) is 0 Å². The first-order valence-electron chi connectivity index (χ1n) is 6.80. The number of hydrogen-bond donors (Lipinski definition) is 1. The van der Waals surface area contributed by atoms with Crippen molar-refractivity contribution in [3.63, 3.8) is 0 Å². The molecule has 4 nitrogen and oxygen atoms in total. The molecule has 0 aromatic carbocycles. The van der Waals surface area contributed by atoms with E-state index in [1.54, 1.807) is 0 Å². The number of nitrogens with one attached hydrogen (secondary N) is 1. The Hall–Kier alpha value is -0.320. The fourth-order valence-corrected chi connectivity index (χ4v) is 2.74. The van der Waals surface area contributed by atoms with E-state index in [2.05, 4.69) is 19.2 Å². The van der Waals surface area contributed by atoms with Crippen LogP contribution < -0.4 is 5.32 Å². The van der Waals surface area contributed by atoms with Crippen molar-refractivity contribution in [1.82, 2.24) is 10.2 Å². The minimum Gasteiger partial charge on any atom is -0.375 e. The summed E-state index contributed by atoms with van der Waals surface area (Å²) in [6, 6.07) is 0.220. The van der Waals surface area contributed by atoms with E-state index >= 15 is 0 Å². The molecule has 0 radical (unpaired) electrons. The first-order valence-corrected chi connectivity index (χ1v) is 6.80. The number of hydrogen-bond acceptors (Lipinski definition) is 3. The zero-order chi connectivity index (χ0) is 12.3. The molecule has 18 heavy (non-hydrogen) atoms. The van der Waals surface area contributed by atoms with Gasteiger partial charge in [0.1, 0.15) is 0 Å². The van der Waals surface area contributed by atoms with Crippen LogP contribution in [0.25, 0.3) is 0 Å². The van der Waals surface area contributed by atoms with Gasteiger partial charge in [-0.1, -0.05) is 0 Å². The van der Waals surface area contributed by atoms with Crippen molar-refractivity contribution >= 4 is 18.3 Å². The van der Waals surface area contributed by atoms with Gasteiger partial charge in [0.15, 0.2) is 0 Å². The Labute approximate surface area is 116 Å². The molecule has 0 aliphatic carbocycles. The second-order valence-electron chi connectivity index (χ2n) is 5.30. The molecular weight excluding hydrogens is 252 g/mol. The average molecular weight is 277 g/mol. The van der Waals surface area contributed by atoms with Crippen LogP contribution in [-0.4, -0.2) is 49.2 Å². The summed E-state index contributed by atoms with van der Waals surface area (Å²) in [5, 5.41) is 3.34. The molecule has 2 aliphatic heterocycles. The molecule has 1 N–H and O–H groups in total. The van der Waals surface area contributed by atoms with Crippen LogP contribution in [0.2, 0.25) is 0 Å². The maximum absolute atomic E-state index is 12.3. The van der Waals surface area contributed by atoms with Crippen LogP contribution in [0, 0.1) is 5.92 Å². The van der Waals surface area contributed by atoms with Crippen molar-refractivity contribution in [2.75, 3.05) is 26.2 Å². The van der Waals surface area contributed by atoms with E-state index in [9.17, 15) is 4.79 Å². The van der Waals surface area contributed by atoms with Gasteiger partial charge in [-0.2, -0.15) is 0 Å². The van der Waals surface area contributed by atoms with E-state index < -0.39 is 0 Å². The number of halogens is 1. The quantitative estimate of drug-likeness (QED) is 0.830. The number of rotatable bonds is 2. The molecule has 1 amide bonds. The fourth-order valence-electron chi connectivity index (χ4n) is 2.74. The lowest BCUT2D eigenvalue weighted by Gasteiger charge is -2.38. The Morgan fingerprint density at radius 1 is 1.33 bits per heavy atom. The maximum atomic E-state index is 12.3. The second-order valence-corrected chi connectivity index (χ2v) is 5.30. The molecule has 2 fully saturated rings. The highest BCUT2D eigenvalue weighted by molar-refractivity contribution is 5.85. The van der Waals surface area contributed by atoms with Crippen LogP contribution in [0.15, 0.2) is 0 Å². The smallest absolute Gasteiger partial charge is 0.223 e. The minimum atomic E-state index is 0. The minimum absolute atomic E-state index is 0. The van der Waals surface area contributed by atoms with Crippen molar-refractivity contribution in [2.24, 2.45) is 5.92 Å². The van der Waals surface area contributed by atoms with Gasteiger partial charge in [-0.15, -0.1) is 12.4 Å². The van der Waals surface area contributed by atoms with Crippen LogP contribution in [0.1, 0.15) is 33.1 Å². The Bertz CT molecular complexity index is 270. The zero-order valence-electron chi connectivity index (χ0n) is 11.4. The summed E-state index contributed by atoms with van der Waals surface area (Å²) in [6.45, 7) is 7.71. The number of piperidine rings is 1. The summed E-state index contributed by atoms with van der Waals surface area (Å²) in [5.41, 5.74) is 0. The highest BCUT2D eigenvalue weighted by Crippen LogP contribution is 2.20. The zero-order valence-corrected chi connectivity index (χ0v) is 12.2. The van der Waals surface area contributed by atoms with Crippen LogP contribution >= 0.6 is 12.4 Å². The van der Waals surface area contributed by atoms with Gasteiger partial charge < -0.3 is 15.0 Å². The van der Waals surface area contributed by atoms with Crippen LogP contribution in [0.5, 0.6) is 0 Å².